The summed E-state index contributed by atoms with van der Waals surface area (Å²) in [6, 6.07) is 19.3. The highest BCUT2D eigenvalue weighted by atomic mass is 32.1. The predicted molar refractivity (Wildman–Crippen MR) is 112 cm³/mol. The number of amides is 1. The summed E-state index contributed by atoms with van der Waals surface area (Å²) in [6.45, 7) is 5.03. The molecule has 4 rings (SSSR count). The number of benzene rings is 2. The fraction of sp³-hybridized carbons (Fsp3) is 0.318. The first-order chi connectivity index (χ1) is 13.1. The molecule has 0 radical (unpaired) electrons. The second kappa shape index (κ2) is 7.33. The fourth-order valence-corrected chi connectivity index (χ4v) is 4.36. The lowest BCUT2D eigenvalue weighted by Crippen LogP contribution is -2.55. The van der Waals surface area contributed by atoms with Crippen molar-refractivity contribution in [1.82, 2.24) is 9.80 Å². The van der Waals surface area contributed by atoms with E-state index in [-0.39, 0.29) is 5.91 Å². The number of likely N-dealkylation sites (tertiary alicyclic amines) is 1. The van der Waals surface area contributed by atoms with Crippen molar-refractivity contribution in [1.29, 1.82) is 0 Å². The molecular formula is C22H23N3OS. The van der Waals surface area contributed by atoms with Gasteiger partial charge in [0.25, 0.3) is 5.91 Å². The summed E-state index contributed by atoms with van der Waals surface area (Å²) in [5.74, 6) is -0.0553. The molecule has 1 spiro atoms. The molecule has 2 heterocycles. The number of carbonyl (C=O) groups excluding carboxylic acids is 1. The van der Waals surface area contributed by atoms with E-state index in [2.05, 4.69) is 11.8 Å². The van der Waals surface area contributed by atoms with Crippen LogP contribution in [0.5, 0.6) is 0 Å². The third-order valence-electron chi connectivity index (χ3n) is 5.52. The zero-order valence-corrected chi connectivity index (χ0v) is 16.3. The molecule has 1 fully saturated rings. The summed E-state index contributed by atoms with van der Waals surface area (Å²) in [6.07, 6.45) is 1.60. The van der Waals surface area contributed by atoms with Crippen LogP contribution in [-0.4, -0.2) is 51.7 Å². The topological polar surface area (TPSA) is 35.9 Å². The number of piperidine rings is 1. The predicted octanol–water partition coefficient (Wildman–Crippen LogP) is 3.77. The minimum Gasteiger partial charge on any atom is -0.303 e. The van der Waals surface area contributed by atoms with Crippen LogP contribution in [0.3, 0.4) is 0 Å². The van der Waals surface area contributed by atoms with Gasteiger partial charge in [0.2, 0.25) is 0 Å². The minimum atomic E-state index is -0.569. The van der Waals surface area contributed by atoms with E-state index in [9.17, 15) is 4.79 Å². The van der Waals surface area contributed by atoms with Crippen LogP contribution in [0.25, 0.3) is 0 Å². The second-order valence-corrected chi connectivity index (χ2v) is 7.44. The summed E-state index contributed by atoms with van der Waals surface area (Å²) in [5, 5.41) is 0. The number of carbonyl (C=O) groups is 1. The largest absolute Gasteiger partial charge is 0.303 e. The number of aliphatic imine (C=N–C) groups is 1. The van der Waals surface area contributed by atoms with Gasteiger partial charge in [-0.1, -0.05) is 67.7 Å². The Bertz CT molecular complexity index is 871. The molecule has 1 amide bonds. The molecule has 0 aliphatic carbocycles. The van der Waals surface area contributed by atoms with Crippen LogP contribution in [0.4, 0.5) is 0 Å². The summed E-state index contributed by atoms with van der Waals surface area (Å²) in [4.78, 5) is 23.2. The second-order valence-electron chi connectivity index (χ2n) is 7.05. The van der Waals surface area contributed by atoms with Gasteiger partial charge in [-0.05, 0) is 18.7 Å². The molecule has 1 saturated heterocycles. The molecule has 2 aliphatic heterocycles. The van der Waals surface area contributed by atoms with E-state index < -0.39 is 5.66 Å². The summed E-state index contributed by atoms with van der Waals surface area (Å²) in [5.41, 5.74) is 1.82. The lowest BCUT2D eigenvalue weighted by Gasteiger charge is -2.42. The molecule has 4 nitrogen and oxygen atoms in total. The van der Waals surface area contributed by atoms with E-state index in [1.807, 2.05) is 60.7 Å². The van der Waals surface area contributed by atoms with Gasteiger partial charge in [0.05, 0.1) is 0 Å². The van der Waals surface area contributed by atoms with E-state index >= 15 is 0 Å². The molecule has 27 heavy (non-hydrogen) atoms. The molecule has 0 bridgehead atoms. The molecule has 2 aromatic carbocycles. The van der Waals surface area contributed by atoms with Gasteiger partial charge in [0.1, 0.15) is 16.4 Å². The molecule has 2 aliphatic rings. The maximum absolute atomic E-state index is 13.4. The van der Waals surface area contributed by atoms with Crippen LogP contribution in [0, 0.1) is 0 Å². The van der Waals surface area contributed by atoms with Gasteiger partial charge in [-0.25, -0.2) is 0 Å². The van der Waals surface area contributed by atoms with E-state index in [1.54, 1.807) is 4.90 Å². The zero-order valence-electron chi connectivity index (χ0n) is 15.5. The van der Waals surface area contributed by atoms with E-state index in [0.29, 0.717) is 10.6 Å². The molecular weight excluding hydrogens is 354 g/mol. The minimum absolute atomic E-state index is 0.0553. The van der Waals surface area contributed by atoms with E-state index in [4.69, 9.17) is 17.2 Å². The lowest BCUT2D eigenvalue weighted by atomic mass is 9.95. The van der Waals surface area contributed by atoms with Crippen molar-refractivity contribution in [3.63, 3.8) is 0 Å². The van der Waals surface area contributed by atoms with Crippen molar-refractivity contribution in [2.75, 3.05) is 19.6 Å². The SMILES string of the molecule is CCN1CCC2(CC1)N=C(c1ccccc1)C(=S)N2C(=O)c1ccccc1. The average molecular weight is 378 g/mol. The highest BCUT2D eigenvalue weighted by Crippen LogP contribution is 2.38. The van der Waals surface area contributed by atoms with Gasteiger partial charge in [0, 0.05) is 37.1 Å². The van der Waals surface area contributed by atoms with Crippen LogP contribution in [0.15, 0.2) is 65.7 Å². The smallest absolute Gasteiger partial charge is 0.260 e. The summed E-state index contributed by atoms with van der Waals surface area (Å²) >= 11 is 5.79. The molecule has 0 atom stereocenters. The summed E-state index contributed by atoms with van der Waals surface area (Å²) in [7, 11) is 0. The average Bonchev–Trinajstić information content (AvgIpc) is 3.01. The number of nitrogens with zero attached hydrogens (tertiary/aromatic N) is 3. The Labute approximate surface area is 165 Å². The van der Waals surface area contributed by atoms with Crippen molar-refractivity contribution in [3.8, 4) is 0 Å². The van der Waals surface area contributed by atoms with Crippen LogP contribution < -0.4 is 0 Å². The first kappa shape index (κ1) is 18.0. The van der Waals surface area contributed by atoms with Crippen molar-refractivity contribution >= 4 is 28.8 Å². The molecule has 138 valence electrons. The highest BCUT2D eigenvalue weighted by Gasteiger charge is 2.49. The molecule has 0 saturated carbocycles. The standard InChI is InChI=1S/C22H23N3OS/c1-2-24-15-13-22(14-16-24)23-19(17-9-5-3-6-10-17)21(27)25(22)20(26)18-11-7-4-8-12-18/h3-12H,2,13-16H2,1H3. The summed E-state index contributed by atoms with van der Waals surface area (Å²) < 4.78 is 0. The quantitative estimate of drug-likeness (QED) is 0.764. The number of hydrogen-bond acceptors (Lipinski definition) is 4. The third kappa shape index (κ3) is 3.22. The van der Waals surface area contributed by atoms with Gasteiger partial charge in [0.15, 0.2) is 0 Å². The first-order valence-corrected chi connectivity index (χ1v) is 9.87. The van der Waals surface area contributed by atoms with Gasteiger partial charge in [-0.15, -0.1) is 0 Å². The zero-order chi connectivity index (χ0) is 18.9. The Morgan fingerprint density at radius 3 is 2.22 bits per heavy atom. The maximum atomic E-state index is 13.4. The molecule has 0 unspecified atom stereocenters. The van der Waals surface area contributed by atoms with Gasteiger partial charge >= 0.3 is 0 Å². The lowest BCUT2D eigenvalue weighted by molar-refractivity contribution is 0.0544. The Kier molecular flexibility index (Phi) is 4.89. The molecule has 2 aromatic rings. The molecule has 5 heteroatoms. The Balaban J connectivity index is 1.75. The van der Waals surface area contributed by atoms with Crippen LogP contribution in [0.2, 0.25) is 0 Å². The Morgan fingerprint density at radius 2 is 1.63 bits per heavy atom. The molecule has 0 N–H and O–H groups in total. The van der Waals surface area contributed by atoms with Crippen molar-refractivity contribution < 1.29 is 4.79 Å². The van der Waals surface area contributed by atoms with Crippen LogP contribution in [0.1, 0.15) is 35.7 Å². The number of thiocarbonyl (C=S) groups is 1. The van der Waals surface area contributed by atoms with E-state index in [0.717, 1.165) is 43.8 Å². The van der Waals surface area contributed by atoms with Crippen molar-refractivity contribution in [2.45, 2.75) is 25.4 Å². The first-order valence-electron chi connectivity index (χ1n) is 9.46. The monoisotopic (exact) mass is 377 g/mol. The van der Waals surface area contributed by atoms with Crippen LogP contribution in [-0.2, 0) is 0 Å². The fourth-order valence-electron chi connectivity index (χ4n) is 3.94. The normalized spacial score (nSPS) is 19.4. The highest BCUT2D eigenvalue weighted by molar-refractivity contribution is 7.82. The van der Waals surface area contributed by atoms with Crippen LogP contribution >= 0.6 is 12.2 Å². The van der Waals surface area contributed by atoms with Crippen molar-refractivity contribution in [3.05, 3.63) is 71.8 Å². The Morgan fingerprint density at radius 1 is 1.04 bits per heavy atom. The van der Waals surface area contributed by atoms with Crippen molar-refractivity contribution in [2.24, 2.45) is 4.99 Å². The van der Waals surface area contributed by atoms with Gasteiger partial charge in [-0.2, -0.15) is 0 Å². The van der Waals surface area contributed by atoms with Gasteiger partial charge < -0.3 is 4.90 Å². The number of hydrogen-bond donors (Lipinski definition) is 0. The maximum Gasteiger partial charge on any atom is 0.260 e. The van der Waals surface area contributed by atoms with E-state index in [1.165, 1.54) is 0 Å². The molecule has 0 aromatic heterocycles. The van der Waals surface area contributed by atoms with Gasteiger partial charge in [-0.3, -0.25) is 14.7 Å². The Hall–Kier alpha value is -2.37. The third-order valence-corrected chi connectivity index (χ3v) is 5.89. The number of rotatable bonds is 3.